The quantitative estimate of drug-likeness (QED) is 0.335. The molecular formula is C12H12N2O2. The standard InChI is InChI=1S/C12H12N2O2/c1-4-10-5-7-11(8-6-10)12(14-16-3)9(2)13-15/h1,5-9H,2-3H3. The molecule has 0 bridgehead atoms. The fraction of sp³-hybridized carbons (Fsp3) is 0.250. The van der Waals surface area contributed by atoms with Crippen molar-refractivity contribution >= 4 is 5.71 Å². The Kier molecular flexibility index (Phi) is 4.22. The summed E-state index contributed by atoms with van der Waals surface area (Å²) in [5, 5.41) is 6.72. The molecule has 0 spiro atoms. The molecule has 0 fully saturated rings. The molecule has 0 aromatic heterocycles. The number of terminal acetylenes is 1. The maximum absolute atomic E-state index is 10.5. The summed E-state index contributed by atoms with van der Waals surface area (Å²) < 4.78 is 0. The van der Waals surface area contributed by atoms with Gasteiger partial charge in [0.05, 0.1) is 0 Å². The average molecular weight is 216 g/mol. The summed E-state index contributed by atoms with van der Waals surface area (Å²) in [5.74, 6) is 2.51. The van der Waals surface area contributed by atoms with Crippen LogP contribution in [0.2, 0.25) is 0 Å². The molecule has 1 aromatic carbocycles. The van der Waals surface area contributed by atoms with E-state index >= 15 is 0 Å². The third-order valence-electron chi connectivity index (χ3n) is 2.09. The van der Waals surface area contributed by atoms with Gasteiger partial charge in [-0.15, -0.1) is 6.42 Å². The molecule has 82 valence electrons. The minimum Gasteiger partial charge on any atom is -0.399 e. The van der Waals surface area contributed by atoms with Gasteiger partial charge >= 0.3 is 0 Å². The summed E-state index contributed by atoms with van der Waals surface area (Å²) in [6, 6.07) is 6.57. The van der Waals surface area contributed by atoms with Gasteiger partial charge in [-0.1, -0.05) is 28.4 Å². The topological polar surface area (TPSA) is 51.0 Å². The van der Waals surface area contributed by atoms with E-state index in [0.717, 1.165) is 11.1 Å². The molecule has 0 amide bonds. The van der Waals surface area contributed by atoms with E-state index in [9.17, 15) is 4.91 Å². The van der Waals surface area contributed by atoms with Gasteiger partial charge in [-0.2, -0.15) is 4.91 Å². The normalized spacial score (nSPS) is 12.7. The van der Waals surface area contributed by atoms with Crippen molar-refractivity contribution < 1.29 is 4.84 Å². The van der Waals surface area contributed by atoms with Gasteiger partial charge in [0.1, 0.15) is 18.9 Å². The highest BCUT2D eigenvalue weighted by atomic mass is 16.6. The Bertz CT molecular complexity index is 429. The highest BCUT2D eigenvalue weighted by Crippen LogP contribution is 2.09. The third kappa shape index (κ3) is 2.67. The largest absolute Gasteiger partial charge is 0.399 e. The lowest BCUT2D eigenvalue weighted by Crippen LogP contribution is -2.16. The van der Waals surface area contributed by atoms with Crippen LogP contribution in [0, 0.1) is 17.3 Å². The molecule has 4 nitrogen and oxygen atoms in total. The smallest absolute Gasteiger partial charge is 0.135 e. The van der Waals surface area contributed by atoms with E-state index in [1.807, 2.05) is 0 Å². The Morgan fingerprint density at radius 2 is 2.06 bits per heavy atom. The summed E-state index contributed by atoms with van der Waals surface area (Å²) in [7, 11) is 1.42. The van der Waals surface area contributed by atoms with Gasteiger partial charge < -0.3 is 4.84 Å². The molecule has 1 aromatic rings. The SMILES string of the molecule is C#Cc1ccc(C(=NOC)C(C)N=O)cc1. The first-order chi connectivity index (χ1) is 7.72. The average Bonchev–Trinajstić information content (AvgIpc) is 2.35. The second kappa shape index (κ2) is 5.66. The highest BCUT2D eigenvalue weighted by Gasteiger charge is 2.14. The second-order valence-corrected chi connectivity index (χ2v) is 3.16. The maximum atomic E-state index is 10.5. The van der Waals surface area contributed by atoms with Crippen LogP contribution in [0.3, 0.4) is 0 Å². The van der Waals surface area contributed by atoms with Gasteiger partial charge in [0, 0.05) is 11.1 Å². The zero-order valence-corrected chi connectivity index (χ0v) is 9.18. The molecule has 0 heterocycles. The first kappa shape index (κ1) is 11.9. The van der Waals surface area contributed by atoms with Crippen LogP contribution in [0.1, 0.15) is 18.1 Å². The Balaban J connectivity index is 3.08. The van der Waals surface area contributed by atoms with Crippen LogP contribution >= 0.6 is 0 Å². The summed E-state index contributed by atoms with van der Waals surface area (Å²) in [6.45, 7) is 1.65. The fourth-order valence-corrected chi connectivity index (χ4v) is 1.26. The van der Waals surface area contributed by atoms with Gasteiger partial charge in [0.15, 0.2) is 0 Å². The second-order valence-electron chi connectivity index (χ2n) is 3.16. The van der Waals surface area contributed by atoms with Crippen molar-refractivity contribution in [3.63, 3.8) is 0 Å². The van der Waals surface area contributed by atoms with Gasteiger partial charge in [0.25, 0.3) is 0 Å². The van der Waals surface area contributed by atoms with Gasteiger partial charge in [-0.3, -0.25) is 0 Å². The Morgan fingerprint density at radius 1 is 1.44 bits per heavy atom. The van der Waals surface area contributed by atoms with E-state index in [-0.39, 0.29) is 0 Å². The first-order valence-electron chi connectivity index (χ1n) is 4.73. The predicted molar refractivity (Wildman–Crippen MR) is 63.2 cm³/mol. The van der Waals surface area contributed by atoms with E-state index in [2.05, 4.69) is 21.1 Å². The Morgan fingerprint density at radius 3 is 2.50 bits per heavy atom. The molecule has 0 saturated carbocycles. The zero-order valence-electron chi connectivity index (χ0n) is 9.18. The predicted octanol–water partition coefficient (Wildman–Crippen LogP) is 2.17. The molecule has 1 unspecified atom stereocenters. The van der Waals surface area contributed by atoms with Crippen molar-refractivity contribution in [2.75, 3.05) is 7.11 Å². The number of nitrogens with zero attached hydrogens (tertiary/aromatic N) is 2. The van der Waals surface area contributed by atoms with E-state index in [0.29, 0.717) is 5.71 Å². The van der Waals surface area contributed by atoms with Gasteiger partial charge in [0.2, 0.25) is 0 Å². The molecule has 0 aliphatic heterocycles. The lowest BCUT2D eigenvalue weighted by atomic mass is 10.0. The van der Waals surface area contributed by atoms with Crippen LogP contribution < -0.4 is 0 Å². The summed E-state index contributed by atoms with van der Waals surface area (Å²) in [4.78, 5) is 15.2. The van der Waals surface area contributed by atoms with E-state index in [1.165, 1.54) is 7.11 Å². The third-order valence-corrected chi connectivity index (χ3v) is 2.09. The van der Waals surface area contributed by atoms with Gasteiger partial charge in [-0.05, 0) is 19.1 Å². The number of hydrogen-bond donors (Lipinski definition) is 0. The molecule has 0 saturated heterocycles. The number of nitroso groups, excluding NO2 is 1. The fourth-order valence-electron chi connectivity index (χ4n) is 1.26. The minimum atomic E-state index is -0.559. The number of rotatable bonds is 4. The van der Waals surface area contributed by atoms with E-state index in [1.54, 1.807) is 31.2 Å². The van der Waals surface area contributed by atoms with Gasteiger partial charge in [-0.25, -0.2) is 0 Å². The summed E-state index contributed by atoms with van der Waals surface area (Å²) in [6.07, 6.45) is 5.25. The van der Waals surface area contributed by atoms with E-state index in [4.69, 9.17) is 6.42 Å². The first-order valence-corrected chi connectivity index (χ1v) is 4.73. The molecule has 0 aliphatic rings. The van der Waals surface area contributed by atoms with Crippen molar-refractivity contribution in [2.45, 2.75) is 13.0 Å². The highest BCUT2D eigenvalue weighted by molar-refractivity contribution is 6.04. The van der Waals surface area contributed by atoms with Crippen molar-refractivity contribution in [2.24, 2.45) is 10.3 Å². The van der Waals surface area contributed by atoms with Crippen LogP contribution in [0.25, 0.3) is 0 Å². The monoisotopic (exact) mass is 216 g/mol. The van der Waals surface area contributed by atoms with Crippen LogP contribution in [0.15, 0.2) is 34.6 Å². The van der Waals surface area contributed by atoms with Crippen molar-refractivity contribution in [3.8, 4) is 12.3 Å². The van der Waals surface area contributed by atoms with Crippen molar-refractivity contribution in [1.29, 1.82) is 0 Å². The summed E-state index contributed by atoms with van der Waals surface area (Å²) >= 11 is 0. The lowest BCUT2D eigenvalue weighted by Gasteiger charge is -2.07. The lowest BCUT2D eigenvalue weighted by molar-refractivity contribution is 0.212. The molecule has 4 heteroatoms. The van der Waals surface area contributed by atoms with E-state index < -0.39 is 6.04 Å². The number of hydrogen-bond acceptors (Lipinski definition) is 4. The van der Waals surface area contributed by atoms with Crippen molar-refractivity contribution in [1.82, 2.24) is 0 Å². The Labute approximate surface area is 94.3 Å². The molecule has 0 aliphatic carbocycles. The van der Waals surface area contributed by atoms with Crippen LogP contribution in [-0.4, -0.2) is 18.9 Å². The Hall–Kier alpha value is -2.15. The minimum absolute atomic E-state index is 0.487. The summed E-state index contributed by atoms with van der Waals surface area (Å²) in [5.41, 5.74) is 2.03. The molecule has 16 heavy (non-hydrogen) atoms. The zero-order chi connectivity index (χ0) is 12.0. The van der Waals surface area contributed by atoms with Crippen LogP contribution in [-0.2, 0) is 4.84 Å². The number of benzene rings is 1. The van der Waals surface area contributed by atoms with Crippen molar-refractivity contribution in [3.05, 3.63) is 40.3 Å². The molecule has 0 radical (unpaired) electrons. The molecule has 0 N–H and O–H groups in total. The van der Waals surface area contributed by atoms with Crippen LogP contribution in [0.5, 0.6) is 0 Å². The van der Waals surface area contributed by atoms with Crippen LogP contribution in [0.4, 0.5) is 0 Å². The molecule has 1 atom stereocenters. The molecular weight excluding hydrogens is 204 g/mol. The maximum Gasteiger partial charge on any atom is 0.135 e. The molecule has 1 rings (SSSR count). The number of oxime groups is 1.